The number of nitrogens with one attached hydrogen (secondary N) is 2. The zero-order valence-electron chi connectivity index (χ0n) is 17.8. The van der Waals surface area contributed by atoms with Crippen LogP contribution in [0.25, 0.3) is 15.1 Å². The normalized spacial score (nSPS) is 11.5. The maximum absolute atomic E-state index is 13.0. The largest absolute Gasteiger partial charge is 0.373 e. The van der Waals surface area contributed by atoms with Crippen LogP contribution in [-0.4, -0.2) is 32.8 Å². The lowest BCUT2D eigenvalue weighted by Crippen LogP contribution is -2.21. The number of hydrazone groups is 1. The molecule has 0 saturated heterocycles. The molecular formula is C21H22N6O3S. The van der Waals surface area contributed by atoms with Gasteiger partial charge in [0.15, 0.2) is 10.8 Å². The molecule has 0 aliphatic rings. The summed E-state index contributed by atoms with van der Waals surface area (Å²) in [6, 6.07) is 7.64. The Kier molecular flexibility index (Phi) is 7.53. The van der Waals surface area contributed by atoms with E-state index in [2.05, 4.69) is 30.6 Å². The lowest BCUT2D eigenvalue weighted by Gasteiger charge is -2.16. The fraction of sp³-hybridized carbons (Fsp3) is 0.333. The number of fused-ring (bicyclic) bond motifs is 1. The Morgan fingerprint density at radius 3 is 2.48 bits per heavy atom. The molecule has 3 rings (SSSR count). The van der Waals surface area contributed by atoms with Crippen molar-refractivity contribution in [3.63, 3.8) is 0 Å². The Balaban J connectivity index is 0.00000107. The minimum absolute atomic E-state index is 0.121. The number of anilines is 1. The van der Waals surface area contributed by atoms with Crippen molar-refractivity contribution in [2.24, 2.45) is 11.0 Å². The number of nitrogens with zero attached hydrogens (tertiary/aromatic N) is 4. The van der Waals surface area contributed by atoms with Crippen molar-refractivity contribution in [1.29, 1.82) is 0 Å². The van der Waals surface area contributed by atoms with Crippen LogP contribution >= 0.6 is 11.3 Å². The number of thiazole rings is 1. The van der Waals surface area contributed by atoms with E-state index in [-0.39, 0.29) is 23.3 Å². The fourth-order valence-corrected chi connectivity index (χ4v) is 3.59. The number of carbonyl (C=O) groups excluding carboxylic acids is 3. The van der Waals surface area contributed by atoms with Crippen molar-refractivity contribution in [3.05, 3.63) is 46.4 Å². The average Bonchev–Trinajstić information content (AvgIpc) is 3.32. The first-order chi connectivity index (χ1) is 14.6. The van der Waals surface area contributed by atoms with E-state index in [0.29, 0.717) is 22.2 Å². The highest BCUT2D eigenvalue weighted by molar-refractivity contribution is 7.21. The van der Waals surface area contributed by atoms with E-state index >= 15 is 0 Å². The van der Waals surface area contributed by atoms with Gasteiger partial charge in [0.25, 0.3) is 5.69 Å². The maximum Gasteiger partial charge on any atom is 0.373 e. The van der Waals surface area contributed by atoms with Gasteiger partial charge < -0.3 is 0 Å². The van der Waals surface area contributed by atoms with Crippen molar-refractivity contribution < 1.29 is 14.4 Å². The van der Waals surface area contributed by atoms with Gasteiger partial charge in [-0.25, -0.2) is 9.83 Å². The molecule has 0 fully saturated rings. The highest BCUT2D eigenvalue weighted by Gasteiger charge is 2.25. The van der Waals surface area contributed by atoms with Gasteiger partial charge in [0.1, 0.15) is 5.71 Å². The first-order valence-electron chi connectivity index (χ1n) is 9.33. The Labute approximate surface area is 183 Å². The number of H-pyrrole nitrogens is 1. The van der Waals surface area contributed by atoms with Crippen LogP contribution in [0.3, 0.4) is 0 Å². The maximum atomic E-state index is 13.0. The van der Waals surface area contributed by atoms with Gasteiger partial charge in [-0.15, -0.1) is 11.3 Å². The highest BCUT2D eigenvalue weighted by atomic mass is 32.1. The summed E-state index contributed by atoms with van der Waals surface area (Å²) in [5.74, 6) is -0.0285. The quantitative estimate of drug-likeness (QED) is 0.260. The van der Waals surface area contributed by atoms with E-state index in [1.54, 1.807) is 0 Å². The number of aromatic nitrogens is 3. The SMILES string of the molecule is O=C=O.[C-]#[N+]c1c(NN=C(C(=O)c2nc3ccccc3s2)C(C)C)n[nH]c1C(C)(C)C. The smallest absolute Gasteiger partial charge is 0.292 e. The predicted molar refractivity (Wildman–Crippen MR) is 118 cm³/mol. The molecule has 0 atom stereocenters. The third-order valence-electron chi connectivity index (χ3n) is 4.15. The number of benzene rings is 1. The molecule has 0 aliphatic heterocycles. The van der Waals surface area contributed by atoms with Crippen LogP contribution in [0.4, 0.5) is 11.5 Å². The summed E-state index contributed by atoms with van der Waals surface area (Å²) < 4.78 is 0.958. The molecule has 31 heavy (non-hydrogen) atoms. The van der Waals surface area contributed by atoms with Crippen LogP contribution in [0.5, 0.6) is 0 Å². The molecule has 0 bridgehead atoms. The number of rotatable bonds is 5. The molecule has 2 heterocycles. The molecule has 0 amide bonds. The monoisotopic (exact) mass is 438 g/mol. The second-order valence-electron chi connectivity index (χ2n) is 7.82. The van der Waals surface area contributed by atoms with E-state index in [4.69, 9.17) is 16.2 Å². The molecule has 0 saturated carbocycles. The molecule has 3 aromatic rings. The van der Waals surface area contributed by atoms with Crippen LogP contribution in [0, 0.1) is 12.5 Å². The average molecular weight is 439 g/mol. The molecular weight excluding hydrogens is 416 g/mol. The zero-order chi connectivity index (χ0) is 23.2. The minimum Gasteiger partial charge on any atom is -0.292 e. The van der Waals surface area contributed by atoms with E-state index in [1.807, 2.05) is 58.9 Å². The van der Waals surface area contributed by atoms with Gasteiger partial charge in [-0.05, 0) is 17.5 Å². The Hall–Kier alpha value is -3.67. The number of para-hydroxylation sites is 1. The summed E-state index contributed by atoms with van der Waals surface area (Å²) >= 11 is 1.35. The molecule has 0 unspecified atom stereocenters. The number of ketones is 1. The van der Waals surface area contributed by atoms with Gasteiger partial charge in [0, 0.05) is 11.6 Å². The van der Waals surface area contributed by atoms with Gasteiger partial charge in [-0.1, -0.05) is 46.8 Å². The Morgan fingerprint density at radius 1 is 1.29 bits per heavy atom. The van der Waals surface area contributed by atoms with Gasteiger partial charge in [-0.3, -0.25) is 15.3 Å². The lowest BCUT2D eigenvalue weighted by molar-refractivity contribution is -0.191. The molecule has 10 heteroatoms. The summed E-state index contributed by atoms with van der Waals surface area (Å²) in [6.07, 6.45) is 0.250. The third-order valence-corrected chi connectivity index (χ3v) is 5.19. The van der Waals surface area contributed by atoms with Crippen molar-refractivity contribution in [2.75, 3.05) is 5.43 Å². The molecule has 2 N–H and O–H groups in total. The molecule has 160 valence electrons. The number of hydrogen-bond donors (Lipinski definition) is 2. The standard InChI is InChI=1S/C20H22N6OS.CO2/c1-11(2)14(16(27)19-22-12-9-7-8-10-13(12)28-19)23-25-18-15(21-6)17(24-26-18)20(3,4)5;2-1-3/h7-11H,1-5H3,(H2,24,25,26);. The van der Waals surface area contributed by atoms with Gasteiger partial charge in [-0.2, -0.15) is 19.8 Å². The molecule has 2 aromatic heterocycles. The number of hydrogen-bond acceptors (Lipinski definition) is 8. The molecule has 1 aromatic carbocycles. The van der Waals surface area contributed by atoms with E-state index in [0.717, 1.165) is 15.9 Å². The fourth-order valence-electron chi connectivity index (χ4n) is 2.68. The molecule has 0 aliphatic carbocycles. The summed E-state index contributed by atoms with van der Waals surface area (Å²) in [5, 5.41) is 11.8. The first-order valence-corrected chi connectivity index (χ1v) is 10.1. The first kappa shape index (κ1) is 23.6. The van der Waals surface area contributed by atoms with Crippen LogP contribution in [0.1, 0.15) is 50.1 Å². The predicted octanol–water partition coefficient (Wildman–Crippen LogP) is 4.59. The highest BCUT2D eigenvalue weighted by Crippen LogP contribution is 2.35. The van der Waals surface area contributed by atoms with Crippen molar-refractivity contribution in [2.45, 2.75) is 40.0 Å². The van der Waals surface area contributed by atoms with E-state index < -0.39 is 0 Å². The van der Waals surface area contributed by atoms with Crippen LogP contribution in [0.2, 0.25) is 0 Å². The topological polar surface area (TPSA) is 122 Å². The minimum atomic E-state index is -0.256. The molecule has 0 radical (unpaired) electrons. The van der Waals surface area contributed by atoms with Crippen LogP contribution in [-0.2, 0) is 15.0 Å². The zero-order valence-corrected chi connectivity index (χ0v) is 18.6. The van der Waals surface area contributed by atoms with E-state index in [9.17, 15) is 4.79 Å². The van der Waals surface area contributed by atoms with Crippen molar-refractivity contribution in [3.8, 4) is 0 Å². The molecule has 9 nitrogen and oxygen atoms in total. The summed E-state index contributed by atoms with van der Waals surface area (Å²) in [7, 11) is 0. The second kappa shape index (κ2) is 9.89. The number of Topliss-reactive ketones (excluding diaryl/α,β-unsaturated/α-hetero) is 1. The summed E-state index contributed by atoms with van der Waals surface area (Å²) in [5.41, 5.74) is 4.80. The van der Waals surface area contributed by atoms with Crippen molar-refractivity contribution in [1.82, 2.24) is 15.2 Å². The second-order valence-corrected chi connectivity index (χ2v) is 8.85. The number of aromatic amines is 1. The van der Waals surface area contributed by atoms with Gasteiger partial charge in [0.2, 0.25) is 5.78 Å². The summed E-state index contributed by atoms with van der Waals surface area (Å²) in [4.78, 5) is 37.2. The molecule has 0 spiro atoms. The van der Waals surface area contributed by atoms with Crippen molar-refractivity contribution >= 4 is 50.7 Å². The van der Waals surface area contributed by atoms with Gasteiger partial charge >= 0.3 is 6.15 Å². The third kappa shape index (κ3) is 5.48. The lowest BCUT2D eigenvalue weighted by atomic mass is 9.91. The van der Waals surface area contributed by atoms with Gasteiger partial charge in [0.05, 0.1) is 16.8 Å². The van der Waals surface area contributed by atoms with Crippen LogP contribution in [0.15, 0.2) is 29.4 Å². The van der Waals surface area contributed by atoms with Crippen LogP contribution < -0.4 is 5.43 Å². The Morgan fingerprint density at radius 2 is 1.94 bits per heavy atom. The van der Waals surface area contributed by atoms with E-state index in [1.165, 1.54) is 11.3 Å². The Bertz CT molecular complexity index is 1150. The summed E-state index contributed by atoms with van der Waals surface area (Å²) in [6.45, 7) is 17.3. The number of carbonyl (C=O) groups is 1.